The van der Waals surface area contributed by atoms with Gasteiger partial charge in [-0.3, -0.25) is 0 Å². The van der Waals surface area contributed by atoms with Crippen molar-refractivity contribution in [1.29, 1.82) is 0 Å². The summed E-state index contributed by atoms with van der Waals surface area (Å²) in [6.07, 6.45) is 0. The number of hydrogen-bond donors (Lipinski definition) is 1. The number of aliphatic hydroxyl groups is 1. The van der Waals surface area contributed by atoms with Gasteiger partial charge in [0.15, 0.2) is 0 Å². The van der Waals surface area contributed by atoms with Crippen LogP contribution in [0.3, 0.4) is 0 Å². The van der Waals surface area contributed by atoms with Crippen molar-refractivity contribution < 1.29 is 5.11 Å². The summed E-state index contributed by atoms with van der Waals surface area (Å²) < 4.78 is 0. The molecule has 2 rings (SSSR count). The van der Waals surface area contributed by atoms with Gasteiger partial charge in [0.2, 0.25) is 0 Å². The molecule has 0 saturated carbocycles. The van der Waals surface area contributed by atoms with Gasteiger partial charge in [0, 0.05) is 24.7 Å². The van der Waals surface area contributed by atoms with Crippen molar-refractivity contribution >= 4 is 16.5 Å². The van der Waals surface area contributed by atoms with Crippen LogP contribution in [-0.4, -0.2) is 25.3 Å². The third-order valence-corrected chi connectivity index (χ3v) is 2.61. The molecule has 2 aromatic carbocycles. The highest BCUT2D eigenvalue weighted by atomic mass is 16.3. The van der Waals surface area contributed by atoms with Crippen molar-refractivity contribution in [1.82, 2.24) is 0 Å². The lowest BCUT2D eigenvalue weighted by atomic mass is 10.1. The van der Waals surface area contributed by atoms with E-state index in [9.17, 15) is 0 Å². The van der Waals surface area contributed by atoms with Gasteiger partial charge in [0.05, 0.1) is 6.61 Å². The fourth-order valence-corrected chi connectivity index (χ4v) is 1.81. The van der Waals surface area contributed by atoms with Crippen LogP contribution in [0.1, 0.15) is 0 Å². The van der Waals surface area contributed by atoms with Crippen molar-refractivity contribution in [3.05, 3.63) is 42.5 Å². The van der Waals surface area contributed by atoms with Crippen LogP contribution in [0.15, 0.2) is 42.5 Å². The third-order valence-electron chi connectivity index (χ3n) is 2.61. The van der Waals surface area contributed by atoms with E-state index in [4.69, 9.17) is 5.11 Å². The summed E-state index contributed by atoms with van der Waals surface area (Å²) in [4.78, 5) is 2.07. The van der Waals surface area contributed by atoms with Crippen LogP contribution in [0.2, 0.25) is 0 Å². The zero-order valence-electron chi connectivity index (χ0n) is 8.85. The SMILES string of the molecule is CN(CCO)c1cccc2ccccc12. The molecule has 2 heteroatoms. The predicted octanol–water partition coefficient (Wildman–Crippen LogP) is 2.27. The number of fused-ring (bicyclic) bond motifs is 1. The number of likely N-dealkylation sites (N-methyl/N-ethyl adjacent to an activating group) is 1. The second-order valence-corrected chi connectivity index (χ2v) is 3.64. The first-order valence-corrected chi connectivity index (χ1v) is 5.12. The monoisotopic (exact) mass is 201 g/mol. The van der Waals surface area contributed by atoms with E-state index in [-0.39, 0.29) is 6.61 Å². The first-order valence-electron chi connectivity index (χ1n) is 5.12. The topological polar surface area (TPSA) is 23.5 Å². The van der Waals surface area contributed by atoms with Crippen LogP contribution in [0.25, 0.3) is 10.8 Å². The van der Waals surface area contributed by atoms with Gasteiger partial charge in [0.1, 0.15) is 0 Å². The quantitative estimate of drug-likeness (QED) is 0.823. The van der Waals surface area contributed by atoms with Crippen LogP contribution >= 0.6 is 0 Å². The zero-order chi connectivity index (χ0) is 10.7. The molecule has 1 N–H and O–H groups in total. The highest BCUT2D eigenvalue weighted by Gasteiger charge is 2.03. The molecule has 0 atom stereocenters. The van der Waals surface area contributed by atoms with Crippen LogP contribution in [0, 0.1) is 0 Å². The van der Waals surface area contributed by atoms with E-state index in [0.29, 0.717) is 6.54 Å². The molecule has 0 aromatic heterocycles. The third kappa shape index (κ3) is 1.95. The molecule has 0 aliphatic carbocycles. The highest BCUT2D eigenvalue weighted by molar-refractivity contribution is 5.94. The van der Waals surface area contributed by atoms with Crippen LogP contribution in [0.4, 0.5) is 5.69 Å². The number of hydrogen-bond acceptors (Lipinski definition) is 2. The fraction of sp³-hybridized carbons (Fsp3) is 0.231. The molecular formula is C13H15NO. The molecule has 2 nitrogen and oxygen atoms in total. The summed E-state index contributed by atoms with van der Waals surface area (Å²) in [5, 5.41) is 11.4. The second-order valence-electron chi connectivity index (χ2n) is 3.64. The molecule has 0 aliphatic heterocycles. The molecule has 0 spiro atoms. The molecular weight excluding hydrogens is 186 g/mol. The Morgan fingerprint density at radius 2 is 1.80 bits per heavy atom. The first kappa shape index (κ1) is 9.99. The average molecular weight is 201 g/mol. The molecule has 78 valence electrons. The molecule has 0 heterocycles. The maximum Gasteiger partial charge on any atom is 0.0606 e. The van der Waals surface area contributed by atoms with Gasteiger partial charge in [0.25, 0.3) is 0 Å². The molecule has 0 amide bonds. The van der Waals surface area contributed by atoms with E-state index < -0.39 is 0 Å². The van der Waals surface area contributed by atoms with E-state index >= 15 is 0 Å². The van der Waals surface area contributed by atoms with Crippen LogP contribution in [-0.2, 0) is 0 Å². The van der Waals surface area contributed by atoms with Crippen LogP contribution in [0.5, 0.6) is 0 Å². The summed E-state index contributed by atoms with van der Waals surface area (Å²) in [7, 11) is 2.00. The maximum atomic E-state index is 8.93. The standard InChI is InChI=1S/C13H15NO/c1-14(9-10-15)13-8-4-6-11-5-2-3-7-12(11)13/h2-8,15H,9-10H2,1H3. The molecule has 0 aliphatic rings. The van der Waals surface area contributed by atoms with Gasteiger partial charge in [-0.2, -0.15) is 0 Å². The second kappa shape index (κ2) is 4.32. The Kier molecular flexibility index (Phi) is 2.88. The number of anilines is 1. The Morgan fingerprint density at radius 3 is 2.60 bits per heavy atom. The van der Waals surface area contributed by atoms with Gasteiger partial charge in [-0.1, -0.05) is 36.4 Å². The minimum absolute atomic E-state index is 0.180. The minimum atomic E-state index is 0.180. The molecule has 0 bridgehead atoms. The minimum Gasteiger partial charge on any atom is -0.395 e. The number of aliphatic hydroxyl groups excluding tert-OH is 1. The molecule has 2 aromatic rings. The van der Waals surface area contributed by atoms with E-state index in [0.717, 1.165) is 0 Å². The Balaban J connectivity index is 2.50. The van der Waals surface area contributed by atoms with Gasteiger partial charge in [-0.15, -0.1) is 0 Å². The van der Waals surface area contributed by atoms with Crippen molar-refractivity contribution in [3.63, 3.8) is 0 Å². The van der Waals surface area contributed by atoms with Crippen molar-refractivity contribution in [2.24, 2.45) is 0 Å². The fourth-order valence-electron chi connectivity index (χ4n) is 1.81. The Bertz CT molecular complexity index is 448. The Labute approximate surface area is 89.8 Å². The molecule has 0 saturated heterocycles. The van der Waals surface area contributed by atoms with E-state index in [1.165, 1.54) is 16.5 Å². The highest BCUT2D eigenvalue weighted by Crippen LogP contribution is 2.25. The normalized spacial score (nSPS) is 10.5. The molecule has 0 fully saturated rings. The maximum absolute atomic E-state index is 8.93. The lowest BCUT2D eigenvalue weighted by Crippen LogP contribution is -2.21. The first-order chi connectivity index (χ1) is 7.33. The summed E-state index contributed by atoms with van der Waals surface area (Å²) >= 11 is 0. The number of nitrogens with zero attached hydrogens (tertiary/aromatic N) is 1. The van der Waals surface area contributed by atoms with Gasteiger partial charge < -0.3 is 10.0 Å². The summed E-state index contributed by atoms with van der Waals surface area (Å²) in [5.74, 6) is 0. The summed E-state index contributed by atoms with van der Waals surface area (Å²) in [5.41, 5.74) is 1.17. The molecule has 15 heavy (non-hydrogen) atoms. The van der Waals surface area contributed by atoms with Gasteiger partial charge in [-0.25, -0.2) is 0 Å². The Hall–Kier alpha value is -1.54. The van der Waals surface area contributed by atoms with Crippen molar-refractivity contribution in [3.8, 4) is 0 Å². The largest absolute Gasteiger partial charge is 0.395 e. The summed E-state index contributed by atoms with van der Waals surface area (Å²) in [6, 6.07) is 14.5. The number of benzene rings is 2. The van der Waals surface area contributed by atoms with E-state index in [1.807, 2.05) is 25.2 Å². The zero-order valence-corrected chi connectivity index (χ0v) is 8.85. The molecule has 0 radical (unpaired) electrons. The van der Waals surface area contributed by atoms with E-state index in [2.05, 4.69) is 29.2 Å². The average Bonchev–Trinajstić information content (AvgIpc) is 2.28. The van der Waals surface area contributed by atoms with Crippen molar-refractivity contribution in [2.45, 2.75) is 0 Å². The predicted molar refractivity (Wildman–Crippen MR) is 64.3 cm³/mol. The molecule has 0 unspecified atom stereocenters. The van der Waals surface area contributed by atoms with Crippen molar-refractivity contribution in [2.75, 3.05) is 25.1 Å². The smallest absolute Gasteiger partial charge is 0.0606 e. The van der Waals surface area contributed by atoms with Gasteiger partial charge in [-0.05, 0) is 11.5 Å². The lowest BCUT2D eigenvalue weighted by molar-refractivity contribution is 0.304. The van der Waals surface area contributed by atoms with E-state index in [1.54, 1.807) is 0 Å². The van der Waals surface area contributed by atoms with Gasteiger partial charge >= 0.3 is 0 Å². The summed E-state index contributed by atoms with van der Waals surface area (Å²) in [6.45, 7) is 0.841. The van der Waals surface area contributed by atoms with Crippen LogP contribution < -0.4 is 4.90 Å². The lowest BCUT2D eigenvalue weighted by Gasteiger charge is -2.19. The Morgan fingerprint density at radius 1 is 1.07 bits per heavy atom. The number of rotatable bonds is 3.